The van der Waals surface area contributed by atoms with Gasteiger partial charge in [-0.1, -0.05) is 11.6 Å². The van der Waals surface area contributed by atoms with Crippen LogP contribution >= 0.6 is 23.8 Å². The minimum atomic E-state index is -0.642. The van der Waals surface area contributed by atoms with Crippen molar-refractivity contribution in [3.63, 3.8) is 0 Å². The van der Waals surface area contributed by atoms with Crippen LogP contribution in [0.2, 0.25) is 5.02 Å². The Kier molecular flexibility index (Phi) is 3.48. The number of rotatable bonds is 1. The van der Waals surface area contributed by atoms with Crippen LogP contribution in [-0.2, 0) is 0 Å². The van der Waals surface area contributed by atoms with Crippen molar-refractivity contribution < 1.29 is 9.13 Å². The highest BCUT2D eigenvalue weighted by Crippen LogP contribution is 2.46. The average Bonchev–Trinajstić information content (AvgIpc) is 2.50. The minimum Gasteiger partial charge on any atom is -0.467 e. The van der Waals surface area contributed by atoms with Crippen LogP contribution in [0.3, 0.4) is 0 Å². The highest BCUT2D eigenvalue weighted by atomic mass is 35.5. The molecule has 2 aromatic carbocycles. The number of ether oxygens (including phenoxy) is 1. The number of halogens is 2. The molecule has 0 spiro atoms. The first-order valence-electron chi connectivity index (χ1n) is 7.73. The number of hydrogen-bond donors (Lipinski definition) is 1. The zero-order valence-electron chi connectivity index (χ0n) is 13.3. The fourth-order valence-corrected chi connectivity index (χ4v) is 4.19. The van der Waals surface area contributed by atoms with Crippen LogP contribution in [-0.4, -0.2) is 10.8 Å². The van der Waals surface area contributed by atoms with Gasteiger partial charge in [-0.25, -0.2) is 4.39 Å². The summed E-state index contributed by atoms with van der Waals surface area (Å²) in [6.45, 7) is 3.88. The summed E-state index contributed by atoms with van der Waals surface area (Å²) in [5.41, 5.74) is 2.02. The maximum Gasteiger partial charge on any atom is 0.188 e. The van der Waals surface area contributed by atoms with Gasteiger partial charge in [-0.2, -0.15) is 0 Å². The van der Waals surface area contributed by atoms with E-state index < -0.39 is 5.72 Å². The second-order valence-electron chi connectivity index (χ2n) is 6.43. The molecule has 1 saturated heterocycles. The molecular weight excluding hydrogens is 347 g/mol. The maximum absolute atomic E-state index is 13.5. The molecule has 2 atom stereocenters. The number of thiocarbonyl (C=S) groups is 1. The van der Waals surface area contributed by atoms with Crippen molar-refractivity contribution in [2.45, 2.75) is 32.0 Å². The average molecular weight is 363 g/mol. The summed E-state index contributed by atoms with van der Waals surface area (Å²) in [7, 11) is 0. The summed E-state index contributed by atoms with van der Waals surface area (Å²) in [4.78, 5) is 1.94. The van der Waals surface area contributed by atoms with Gasteiger partial charge in [0.05, 0.1) is 11.7 Å². The summed E-state index contributed by atoms with van der Waals surface area (Å²) in [5, 5.41) is 4.61. The molecule has 2 heterocycles. The van der Waals surface area contributed by atoms with Crippen molar-refractivity contribution in [1.82, 2.24) is 5.32 Å². The Balaban J connectivity index is 1.82. The molecule has 24 heavy (non-hydrogen) atoms. The molecule has 1 N–H and O–H groups in total. The Morgan fingerprint density at radius 2 is 2.12 bits per heavy atom. The second kappa shape index (κ2) is 5.33. The number of fused-ring (bicyclic) bond motifs is 4. The smallest absolute Gasteiger partial charge is 0.188 e. The summed E-state index contributed by atoms with van der Waals surface area (Å²) in [6, 6.07) is 10.3. The van der Waals surface area contributed by atoms with Crippen LogP contribution in [0.4, 0.5) is 10.1 Å². The van der Waals surface area contributed by atoms with E-state index in [1.807, 2.05) is 36.9 Å². The van der Waals surface area contributed by atoms with Crippen molar-refractivity contribution >= 4 is 34.6 Å². The minimum absolute atomic E-state index is 0.0435. The van der Waals surface area contributed by atoms with Gasteiger partial charge in [0.2, 0.25) is 0 Å². The predicted octanol–water partition coefficient (Wildman–Crippen LogP) is 4.72. The summed E-state index contributed by atoms with van der Waals surface area (Å²) in [6.07, 6.45) is 0.706. The van der Waals surface area contributed by atoms with Crippen LogP contribution < -0.4 is 15.0 Å². The number of hydrogen-bond acceptors (Lipinski definition) is 2. The Morgan fingerprint density at radius 1 is 1.33 bits per heavy atom. The Bertz CT molecular complexity index is 859. The molecule has 124 valence electrons. The Hall–Kier alpha value is -1.85. The molecule has 2 aliphatic heterocycles. The molecule has 3 nitrogen and oxygen atoms in total. The third-order valence-corrected chi connectivity index (χ3v) is 5.17. The number of nitrogens with zero attached hydrogens (tertiary/aromatic N) is 1. The van der Waals surface area contributed by atoms with E-state index in [0.717, 1.165) is 22.6 Å². The van der Waals surface area contributed by atoms with Crippen LogP contribution in [0.5, 0.6) is 5.75 Å². The number of aryl methyl sites for hydroxylation is 1. The number of anilines is 1. The molecule has 0 saturated carbocycles. The van der Waals surface area contributed by atoms with Crippen LogP contribution in [0.1, 0.15) is 30.5 Å². The number of nitrogens with one attached hydrogen (secondary N) is 1. The molecule has 4 rings (SSSR count). The lowest BCUT2D eigenvalue weighted by Crippen LogP contribution is -2.65. The third-order valence-electron chi connectivity index (χ3n) is 4.63. The topological polar surface area (TPSA) is 24.5 Å². The van der Waals surface area contributed by atoms with Crippen molar-refractivity contribution in [2.75, 3.05) is 4.90 Å². The molecule has 6 heteroatoms. The molecule has 2 aliphatic rings. The molecular formula is C18H16ClFN2OS. The molecule has 1 fully saturated rings. The van der Waals surface area contributed by atoms with Gasteiger partial charge >= 0.3 is 0 Å². The van der Waals surface area contributed by atoms with Crippen molar-refractivity contribution in [3.8, 4) is 5.75 Å². The SMILES string of the molecule is Cc1cc(F)ccc1N1C(=S)N[C@H]2C[C@@]1(C)Oc1ccc(Cl)cc12. The highest BCUT2D eigenvalue weighted by molar-refractivity contribution is 7.80. The first-order chi connectivity index (χ1) is 11.4. The molecule has 2 aromatic rings. The van der Waals surface area contributed by atoms with Gasteiger partial charge in [0.1, 0.15) is 11.6 Å². The number of benzene rings is 2. The van der Waals surface area contributed by atoms with Gasteiger partial charge in [-0.05, 0) is 68.0 Å². The van der Waals surface area contributed by atoms with E-state index in [1.165, 1.54) is 12.1 Å². The molecule has 0 radical (unpaired) electrons. The van der Waals surface area contributed by atoms with Crippen molar-refractivity contribution in [3.05, 3.63) is 58.4 Å². The lowest BCUT2D eigenvalue weighted by Gasteiger charge is -2.52. The van der Waals surface area contributed by atoms with Gasteiger partial charge in [-0.3, -0.25) is 4.90 Å². The first kappa shape index (κ1) is 15.7. The quantitative estimate of drug-likeness (QED) is 0.742. The van der Waals surface area contributed by atoms with E-state index >= 15 is 0 Å². The monoisotopic (exact) mass is 362 g/mol. The predicted molar refractivity (Wildman–Crippen MR) is 97.2 cm³/mol. The fourth-order valence-electron chi connectivity index (χ4n) is 3.58. The Labute approximate surface area is 150 Å². The summed E-state index contributed by atoms with van der Waals surface area (Å²) >= 11 is 11.7. The van der Waals surface area contributed by atoms with Gasteiger partial charge in [0.25, 0.3) is 0 Å². The standard InChI is InChI=1S/C18H16ClFN2OS/c1-10-7-12(20)4-5-15(10)22-17(24)21-14-9-18(22,2)23-16-6-3-11(19)8-13(14)16/h3-8,14H,9H2,1-2H3,(H,21,24)/t14-,18+/m0/s1. The fraction of sp³-hybridized carbons (Fsp3) is 0.278. The van der Waals surface area contributed by atoms with E-state index in [-0.39, 0.29) is 11.9 Å². The zero-order valence-corrected chi connectivity index (χ0v) is 14.8. The van der Waals surface area contributed by atoms with E-state index in [9.17, 15) is 4.39 Å². The molecule has 2 bridgehead atoms. The lowest BCUT2D eigenvalue weighted by molar-refractivity contribution is 0.0497. The molecule has 0 aromatic heterocycles. The van der Waals surface area contributed by atoms with Crippen molar-refractivity contribution in [2.24, 2.45) is 0 Å². The van der Waals surface area contributed by atoms with E-state index in [1.54, 1.807) is 6.07 Å². The van der Waals surface area contributed by atoms with Gasteiger partial charge < -0.3 is 10.1 Å². The van der Waals surface area contributed by atoms with Crippen molar-refractivity contribution in [1.29, 1.82) is 0 Å². The zero-order chi connectivity index (χ0) is 17.1. The van der Waals surface area contributed by atoms with Gasteiger partial charge in [0, 0.05) is 17.0 Å². The second-order valence-corrected chi connectivity index (χ2v) is 7.25. The highest BCUT2D eigenvalue weighted by Gasteiger charge is 2.48. The van der Waals surface area contributed by atoms with E-state index in [4.69, 9.17) is 28.6 Å². The van der Waals surface area contributed by atoms with Crippen LogP contribution in [0.25, 0.3) is 0 Å². The third kappa shape index (κ3) is 2.34. The Morgan fingerprint density at radius 3 is 2.88 bits per heavy atom. The van der Waals surface area contributed by atoms with Crippen LogP contribution in [0, 0.1) is 12.7 Å². The molecule has 0 amide bonds. The van der Waals surface area contributed by atoms with Gasteiger partial charge in [0.15, 0.2) is 10.8 Å². The maximum atomic E-state index is 13.5. The van der Waals surface area contributed by atoms with Gasteiger partial charge in [-0.15, -0.1) is 0 Å². The largest absolute Gasteiger partial charge is 0.467 e. The normalized spacial score (nSPS) is 24.9. The summed E-state index contributed by atoms with van der Waals surface area (Å²) in [5.74, 6) is 0.526. The van der Waals surface area contributed by atoms with Crippen LogP contribution in [0.15, 0.2) is 36.4 Å². The summed E-state index contributed by atoms with van der Waals surface area (Å²) < 4.78 is 19.8. The van der Waals surface area contributed by atoms with E-state index in [2.05, 4.69) is 5.32 Å². The molecule has 0 unspecified atom stereocenters. The molecule has 0 aliphatic carbocycles. The van der Waals surface area contributed by atoms with E-state index in [0.29, 0.717) is 16.6 Å². The lowest BCUT2D eigenvalue weighted by atomic mass is 9.90. The first-order valence-corrected chi connectivity index (χ1v) is 8.51.